The molecule has 1 atom stereocenters. The van der Waals surface area contributed by atoms with Gasteiger partial charge in [0.1, 0.15) is 5.69 Å². The summed E-state index contributed by atoms with van der Waals surface area (Å²) in [5.41, 5.74) is -0.969. The summed E-state index contributed by atoms with van der Waals surface area (Å²) in [5, 5.41) is 24.0. The molecule has 1 saturated carbocycles. The Morgan fingerprint density at radius 3 is 2.64 bits per heavy atom. The molecule has 7 nitrogen and oxygen atoms in total. The number of alkyl halides is 2. The second kappa shape index (κ2) is 10.7. The molecule has 5 rings (SSSR count). The highest BCUT2D eigenvalue weighted by atomic mass is 35.5. The molecule has 1 aliphatic heterocycles. The fourth-order valence-corrected chi connectivity index (χ4v) is 5.68. The van der Waals surface area contributed by atoms with E-state index in [1.54, 1.807) is 47.4 Å². The Kier molecular flexibility index (Phi) is 7.34. The van der Waals surface area contributed by atoms with Crippen molar-refractivity contribution in [1.29, 1.82) is 5.26 Å². The van der Waals surface area contributed by atoms with Gasteiger partial charge in [0.15, 0.2) is 5.60 Å². The molecular weight excluding hydrogens is 526 g/mol. The molecule has 0 radical (unpaired) electrons. The summed E-state index contributed by atoms with van der Waals surface area (Å²) < 4.78 is 26.7. The van der Waals surface area contributed by atoms with Crippen molar-refractivity contribution < 1.29 is 23.5 Å². The fraction of sp³-hybridized carbons (Fsp3) is 0.310. The second-order valence-electron chi connectivity index (χ2n) is 9.91. The summed E-state index contributed by atoms with van der Waals surface area (Å²) in [7, 11) is 0. The number of carbonyl (C=O) groups is 2. The van der Waals surface area contributed by atoms with Gasteiger partial charge in [-0.15, -0.1) is 0 Å². The largest absolute Gasteiger partial charge is 0.372 e. The van der Waals surface area contributed by atoms with Crippen LogP contribution in [0.2, 0.25) is 5.02 Å². The number of hydrogen-bond acceptors (Lipinski definition) is 5. The number of pyridine rings is 1. The van der Waals surface area contributed by atoms with Gasteiger partial charge in [-0.2, -0.15) is 5.26 Å². The zero-order chi connectivity index (χ0) is 27.7. The number of anilines is 1. The molecule has 2 amide bonds. The molecule has 0 saturated heterocycles. The molecule has 10 heteroatoms. The van der Waals surface area contributed by atoms with Gasteiger partial charge in [-0.3, -0.25) is 14.6 Å². The van der Waals surface area contributed by atoms with E-state index in [-0.39, 0.29) is 22.5 Å². The molecule has 2 heterocycles. The molecule has 200 valence electrons. The molecule has 1 fully saturated rings. The predicted molar refractivity (Wildman–Crippen MR) is 140 cm³/mol. The number of aromatic nitrogens is 1. The number of nitrogens with one attached hydrogen (secondary N) is 1. The molecular formula is C29H25ClF2N4O3. The van der Waals surface area contributed by atoms with E-state index in [0.29, 0.717) is 54.6 Å². The van der Waals surface area contributed by atoms with E-state index in [2.05, 4.69) is 10.3 Å². The number of nitrogens with zero attached hydrogens (tertiary/aromatic N) is 3. The van der Waals surface area contributed by atoms with E-state index in [9.17, 15) is 28.7 Å². The molecule has 2 aliphatic rings. The molecule has 1 unspecified atom stereocenters. The van der Waals surface area contributed by atoms with Crippen molar-refractivity contribution in [1.82, 2.24) is 10.3 Å². The van der Waals surface area contributed by atoms with Gasteiger partial charge in [-0.05, 0) is 61.4 Å². The van der Waals surface area contributed by atoms with Crippen LogP contribution >= 0.6 is 11.6 Å². The SMILES string of the molecule is N#Cc1cccc(C2(O)C(=O)N(CC3CCC(NC(=O)c4cc(Cl)cnc4C(F)F)CC3)c3ccccc32)c1. The Balaban J connectivity index is 1.28. The number of nitriles is 1. The summed E-state index contributed by atoms with van der Waals surface area (Å²) in [4.78, 5) is 31.7. The van der Waals surface area contributed by atoms with Crippen LogP contribution in [0.15, 0.2) is 60.8 Å². The molecule has 2 aromatic carbocycles. The van der Waals surface area contributed by atoms with Gasteiger partial charge in [-0.25, -0.2) is 8.78 Å². The van der Waals surface area contributed by atoms with Gasteiger partial charge in [-0.1, -0.05) is 41.9 Å². The minimum atomic E-state index is -2.90. The molecule has 2 N–H and O–H groups in total. The molecule has 1 aromatic heterocycles. The Morgan fingerprint density at radius 1 is 1.18 bits per heavy atom. The first kappa shape index (κ1) is 26.7. The first-order valence-electron chi connectivity index (χ1n) is 12.6. The molecule has 39 heavy (non-hydrogen) atoms. The Labute approximate surface area is 229 Å². The summed E-state index contributed by atoms with van der Waals surface area (Å²) in [5.74, 6) is -1.01. The van der Waals surface area contributed by atoms with E-state index >= 15 is 0 Å². The number of amides is 2. The van der Waals surface area contributed by atoms with Gasteiger partial charge >= 0.3 is 0 Å². The average Bonchev–Trinajstić information content (AvgIpc) is 3.16. The lowest BCUT2D eigenvalue weighted by Crippen LogP contribution is -2.44. The maximum absolute atomic E-state index is 13.7. The minimum Gasteiger partial charge on any atom is -0.372 e. The average molecular weight is 551 g/mol. The maximum Gasteiger partial charge on any atom is 0.281 e. The van der Waals surface area contributed by atoms with Gasteiger partial charge in [0.05, 0.1) is 27.9 Å². The van der Waals surface area contributed by atoms with E-state index in [1.807, 2.05) is 6.07 Å². The van der Waals surface area contributed by atoms with Crippen LogP contribution in [0, 0.1) is 17.2 Å². The smallest absolute Gasteiger partial charge is 0.281 e. The van der Waals surface area contributed by atoms with Crippen LogP contribution in [-0.2, 0) is 10.4 Å². The zero-order valence-corrected chi connectivity index (χ0v) is 21.5. The van der Waals surface area contributed by atoms with Crippen LogP contribution in [0.5, 0.6) is 0 Å². The minimum absolute atomic E-state index is 0.100. The zero-order valence-electron chi connectivity index (χ0n) is 20.8. The summed E-state index contributed by atoms with van der Waals surface area (Å²) >= 11 is 5.88. The number of halogens is 3. The summed E-state index contributed by atoms with van der Waals surface area (Å²) in [6.45, 7) is 0.379. The molecule has 0 bridgehead atoms. The summed E-state index contributed by atoms with van der Waals surface area (Å²) in [6.07, 6.45) is 0.771. The van der Waals surface area contributed by atoms with Gasteiger partial charge in [0, 0.05) is 24.3 Å². The van der Waals surface area contributed by atoms with Crippen LogP contribution in [0.3, 0.4) is 0 Å². The number of fused-ring (bicyclic) bond motifs is 1. The standard InChI is InChI=1S/C29H25ClF2N4O3/c30-20-13-22(25(26(31)32)34-15-20)27(37)35-21-10-8-17(9-11-21)16-36-24-7-2-1-6-23(24)29(39,28(36)38)19-5-3-4-18(12-19)14-33/h1-7,12-13,15,17,21,26,39H,8-11,16H2,(H,35,37). The van der Waals surface area contributed by atoms with E-state index < -0.39 is 29.5 Å². The number of hydrogen-bond donors (Lipinski definition) is 2. The number of para-hydroxylation sites is 1. The second-order valence-corrected chi connectivity index (χ2v) is 10.4. The van der Waals surface area contributed by atoms with Gasteiger partial charge in [0.2, 0.25) is 0 Å². The number of rotatable bonds is 6. The number of aliphatic hydroxyl groups is 1. The normalized spacial score (nSPS) is 22.5. The molecule has 1 aliphatic carbocycles. The highest BCUT2D eigenvalue weighted by molar-refractivity contribution is 6.30. The van der Waals surface area contributed by atoms with Crippen molar-refractivity contribution in [3.63, 3.8) is 0 Å². The van der Waals surface area contributed by atoms with Crippen LogP contribution in [0.25, 0.3) is 0 Å². The van der Waals surface area contributed by atoms with Crippen molar-refractivity contribution >= 4 is 29.1 Å². The Hall–Kier alpha value is -3.87. The first-order chi connectivity index (χ1) is 18.7. The third-order valence-corrected chi connectivity index (χ3v) is 7.71. The first-order valence-corrected chi connectivity index (χ1v) is 13.0. The van der Waals surface area contributed by atoms with Crippen molar-refractivity contribution in [3.05, 3.63) is 93.8 Å². The topological polar surface area (TPSA) is 106 Å². The Bertz CT molecular complexity index is 1470. The van der Waals surface area contributed by atoms with Crippen molar-refractivity contribution in [2.24, 2.45) is 5.92 Å². The summed E-state index contributed by atoms with van der Waals surface area (Å²) in [6, 6.07) is 16.5. The quantitative estimate of drug-likeness (QED) is 0.443. The van der Waals surface area contributed by atoms with Crippen LogP contribution < -0.4 is 10.2 Å². The predicted octanol–water partition coefficient (Wildman–Crippen LogP) is 5.12. The highest BCUT2D eigenvalue weighted by Crippen LogP contribution is 2.45. The van der Waals surface area contributed by atoms with Crippen molar-refractivity contribution in [3.8, 4) is 6.07 Å². The number of carbonyl (C=O) groups excluding carboxylic acids is 2. The van der Waals surface area contributed by atoms with Crippen LogP contribution in [0.1, 0.15) is 64.9 Å². The highest BCUT2D eigenvalue weighted by Gasteiger charge is 2.51. The van der Waals surface area contributed by atoms with Crippen molar-refractivity contribution in [2.75, 3.05) is 11.4 Å². The van der Waals surface area contributed by atoms with Crippen molar-refractivity contribution in [2.45, 2.75) is 43.8 Å². The van der Waals surface area contributed by atoms with Crippen LogP contribution in [-0.4, -0.2) is 34.5 Å². The lowest BCUT2D eigenvalue weighted by molar-refractivity contribution is -0.132. The third kappa shape index (κ3) is 4.98. The number of benzene rings is 2. The maximum atomic E-state index is 13.7. The van der Waals surface area contributed by atoms with E-state index in [0.717, 1.165) is 6.20 Å². The lowest BCUT2D eigenvalue weighted by atomic mass is 9.85. The fourth-order valence-electron chi connectivity index (χ4n) is 5.53. The third-order valence-electron chi connectivity index (χ3n) is 7.51. The van der Waals surface area contributed by atoms with Crippen LogP contribution in [0.4, 0.5) is 14.5 Å². The van der Waals surface area contributed by atoms with Gasteiger partial charge in [0.25, 0.3) is 18.2 Å². The van der Waals surface area contributed by atoms with E-state index in [1.165, 1.54) is 12.1 Å². The van der Waals surface area contributed by atoms with E-state index in [4.69, 9.17) is 11.6 Å². The molecule has 3 aromatic rings. The monoisotopic (exact) mass is 550 g/mol. The van der Waals surface area contributed by atoms with Gasteiger partial charge < -0.3 is 15.3 Å². The lowest BCUT2D eigenvalue weighted by Gasteiger charge is -2.32. The Morgan fingerprint density at radius 2 is 1.92 bits per heavy atom. The molecule has 0 spiro atoms.